The third-order valence-electron chi connectivity index (χ3n) is 4.18. The Balaban J connectivity index is 2.09. The van der Waals surface area contributed by atoms with E-state index in [2.05, 4.69) is 61.3 Å². The number of rotatable bonds is 9. The largest absolute Gasteiger partial charge is 0.315 e. The summed E-state index contributed by atoms with van der Waals surface area (Å²) in [5, 5.41) is 3.62. The number of nitrogens with one attached hydrogen (secondary N) is 1. The number of nitrogens with zero attached hydrogens (tertiary/aromatic N) is 1. The molecule has 2 heteroatoms. The lowest BCUT2D eigenvalue weighted by Crippen LogP contribution is -2.41. The van der Waals surface area contributed by atoms with E-state index in [-0.39, 0.29) is 0 Å². The first-order valence-corrected chi connectivity index (χ1v) is 8.23. The molecule has 1 aliphatic carbocycles. The molecule has 1 atom stereocenters. The van der Waals surface area contributed by atoms with Crippen molar-refractivity contribution in [2.45, 2.75) is 52.1 Å². The fraction of sp³-hybridized carbons (Fsp3) is 0.667. The fourth-order valence-corrected chi connectivity index (χ4v) is 2.81. The van der Waals surface area contributed by atoms with Crippen molar-refractivity contribution in [2.24, 2.45) is 5.92 Å². The first-order valence-electron chi connectivity index (χ1n) is 8.23. The van der Waals surface area contributed by atoms with Gasteiger partial charge in [0.15, 0.2) is 0 Å². The van der Waals surface area contributed by atoms with Crippen LogP contribution in [0.25, 0.3) is 0 Å². The van der Waals surface area contributed by atoms with Crippen molar-refractivity contribution in [2.75, 3.05) is 19.6 Å². The maximum Gasteiger partial charge on any atom is 0.0475 e. The molecule has 2 nitrogen and oxygen atoms in total. The predicted octanol–water partition coefficient (Wildman–Crippen LogP) is 3.85. The monoisotopic (exact) mass is 274 g/mol. The highest BCUT2D eigenvalue weighted by Crippen LogP contribution is 2.33. The van der Waals surface area contributed by atoms with Gasteiger partial charge in [-0.3, -0.25) is 4.90 Å². The highest BCUT2D eigenvalue weighted by Gasteiger charge is 2.30. The molecule has 0 radical (unpaired) electrons. The van der Waals surface area contributed by atoms with E-state index in [1.54, 1.807) is 0 Å². The van der Waals surface area contributed by atoms with Crippen LogP contribution in [0.15, 0.2) is 30.3 Å². The van der Waals surface area contributed by atoms with Crippen LogP contribution in [-0.2, 0) is 0 Å². The first kappa shape index (κ1) is 15.5. The molecule has 0 saturated heterocycles. The molecule has 0 spiro atoms. The lowest BCUT2D eigenvalue weighted by Gasteiger charge is -2.36. The van der Waals surface area contributed by atoms with Gasteiger partial charge in [0.05, 0.1) is 0 Å². The zero-order valence-electron chi connectivity index (χ0n) is 13.3. The molecule has 1 aromatic carbocycles. The second kappa shape index (κ2) is 7.80. The summed E-state index contributed by atoms with van der Waals surface area (Å²) >= 11 is 0. The van der Waals surface area contributed by atoms with E-state index in [4.69, 9.17) is 0 Å². The Hall–Kier alpha value is -0.860. The molecule has 20 heavy (non-hydrogen) atoms. The van der Waals surface area contributed by atoms with Crippen LogP contribution >= 0.6 is 0 Å². The molecule has 0 heterocycles. The summed E-state index contributed by atoms with van der Waals surface area (Å²) in [6.45, 7) is 10.3. The number of hydrogen-bond acceptors (Lipinski definition) is 2. The smallest absolute Gasteiger partial charge is 0.0475 e. The minimum absolute atomic E-state index is 0.503. The molecule has 0 bridgehead atoms. The molecule has 0 amide bonds. The molecule has 1 aromatic rings. The molecular formula is C18H30N2. The van der Waals surface area contributed by atoms with Crippen LogP contribution in [0.5, 0.6) is 0 Å². The van der Waals surface area contributed by atoms with E-state index in [0.29, 0.717) is 12.1 Å². The van der Waals surface area contributed by atoms with Crippen molar-refractivity contribution >= 4 is 0 Å². The molecule has 1 unspecified atom stereocenters. The van der Waals surface area contributed by atoms with Gasteiger partial charge in [-0.25, -0.2) is 0 Å². The van der Waals surface area contributed by atoms with Crippen molar-refractivity contribution in [3.63, 3.8) is 0 Å². The van der Waals surface area contributed by atoms with Gasteiger partial charge in [-0.1, -0.05) is 37.3 Å². The Morgan fingerprint density at radius 2 is 1.90 bits per heavy atom. The topological polar surface area (TPSA) is 15.3 Å². The lowest BCUT2D eigenvalue weighted by molar-refractivity contribution is 0.143. The maximum absolute atomic E-state index is 3.62. The van der Waals surface area contributed by atoms with E-state index in [9.17, 15) is 0 Å². The van der Waals surface area contributed by atoms with Crippen LogP contribution in [0.2, 0.25) is 0 Å². The van der Waals surface area contributed by atoms with Gasteiger partial charge >= 0.3 is 0 Å². The van der Waals surface area contributed by atoms with Crippen LogP contribution in [0.1, 0.15) is 51.6 Å². The molecule has 1 fully saturated rings. The van der Waals surface area contributed by atoms with E-state index in [1.807, 2.05) is 0 Å². The second-order valence-electron chi connectivity index (χ2n) is 6.36. The van der Waals surface area contributed by atoms with Crippen molar-refractivity contribution in [1.29, 1.82) is 0 Å². The normalized spacial score (nSPS) is 16.9. The summed E-state index contributed by atoms with van der Waals surface area (Å²) in [6, 6.07) is 12.1. The van der Waals surface area contributed by atoms with Crippen molar-refractivity contribution in [1.82, 2.24) is 10.2 Å². The van der Waals surface area contributed by atoms with Crippen molar-refractivity contribution < 1.29 is 0 Å². The van der Waals surface area contributed by atoms with Crippen LogP contribution in [-0.4, -0.2) is 30.6 Å². The van der Waals surface area contributed by atoms with Crippen LogP contribution in [0, 0.1) is 5.92 Å². The highest BCUT2D eigenvalue weighted by atomic mass is 15.2. The predicted molar refractivity (Wildman–Crippen MR) is 86.9 cm³/mol. The van der Waals surface area contributed by atoms with Crippen molar-refractivity contribution in [3.8, 4) is 0 Å². The Kier molecular flexibility index (Phi) is 6.06. The Bertz CT molecular complexity index is 370. The van der Waals surface area contributed by atoms with Crippen LogP contribution in [0.3, 0.4) is 0 Å². The molecule has 2 rings (SSSR count). The minimum Gasteiger partial charge on any atom is -0.315 e. The maximum atomic E-state index is 3.62. The standard InChI is InChI=1S/C18H30N2/c1-4-12-19-13-18(17-8-6-5-7-9-17)20(15(2)3)14-16-10-11-16/h5-9,15-16,18-19H,4,10-14H2,1-3H3. The van der Waals surface area contributed by atoms with Gasteiger partial charge in [0.25, 0.3) is 0 Å². The van der Waals surface area contributed by atoms with E-state index in [1.165, 1.54) is 31.4 Å². The first-order chi connectivity index (χ1) is 9.72. The minimum atomic E-state index is 0.503. The van der Waals surface area contributed by atoms with Gasteiger partial charge < -0.3 is 5.32 Å². The summed E-state index contributed by atoms with van der Waals surface area (Å²) in [5.74, 6) is 0.940. The molecule has 1 aliphatic rings. The van der Waals surface area contributed by atoms with Crippen LogP contribution < -0.4 is 5.32 Å². The van der Waals surface area contributed by atoms with Gasteiger partial charge in [-0.15, -0.1) is 0 Å². The highest BCUT2D eigenvalue weighted by molar-refractivity contribution is 5.20. The van der Waals surface area contributed by atoms with E-state index >= 15 is 0 Å². The van der Waals surface area contributed by atoms with E-state index < -0.39 is 0 Å². The van der Waals surface area contributed by atoms with Gasteiger partial charge in [-0.05, 0) is 51.1 Å². The van der Waals surface area contributed by atoms with Gasteiger partial charge in [0.1, 0.15) is 0 Å². The Labute approximate surface area is 124 Å². The van der Waals surface area contributed by atoms with Gasteiger partial charge in [0.2, 0.25) is 0 Å². The molecule has 0 aliphatic heterocycles. The van der Waals surface area contributed by atoms with E-state index in [0.717, 1.165) is 19.0 Å². The third-order valence-corrected chi connectivity index (χ3v) is 4.18. The Morgan fingerprint density at radius 3 is 2.45 bits per heavy atom. The van der Waals surface area contributed by atoms with Gasteiger partial charge in [0, 0.05) is 25.2 Å². The fourth-order valence-electron chi connectivity index (χ4n) is 2.81. The zero-order chi connectivity index (χ0) is 14.4. The third kappa shape index (κ3) is 4.60. The quantitative estimate of drug-likeness (QED) is 0.688. The van der Waals surface area contributed by atoms with Crippen LogP contribution in [0.4, 0.5) is 0 Å². The molecule has 0 aromatic heterocycles. The zero-order valence-corrected chi connectivity index (χ0v) is 13.3. The van der Waals surface area contributed by atoms with Gasteiger partial charge in [-0.2, -0.15) is 0 Å². The molecule has 112 valence electrons. The number of benzene rings is 1. The average molecular weight is 274 g/mol. The summed E-state index contributed by atoms with van der Waals surface area (Å²) in [7, 11) is 0. The lowest BCUT2D eigenvalue weighted by atomic mass is 10.0. The molecule has 1 saturated carbocycles. The summed E-state index contributed by atoms with van der Waals surface area (Å²) in [5.41, 5.74) is 1.45. The summed E-state index contributed by atoms with van der Waals surface area (Å²) in [4.78, 5) is 2.69. The molecular weight excluding hydrogens is 244 g/mol. The Morgan fingerprint density at radius 1 is 1.20 bits per heavy atom. The van der Waals surface area contributed by atoms with Crippen molar-refractivity contribution in [3.05, 3.63) is 35.9 Å². The summed E-state index contributed by atoms with van der Waals surface area (Å²) in [6.07, 6.45) is 4.05. The molecule has 1 N–H and O–H groups in total. The second-order valence-corrected chi connectivity index (χ2v) is 6.36. The average Bonchev–Trinajstić information content (AvgIpc) is 3.26. The number of hydrogen-bond donors (Lipinski definition) is 1. The SMILES string of the molecule is CCCNCC(c1ccccc1)N(CC1CC1)C(C)C. The summed E-state index contributed by atoms with van der Waals surface area (Å²) < 4.78 is 0.